The molecule has 0 aliphatic carbocycles. The van der Waals surface area contributed by atoms with Crippen molar-refractivity contribution in [1.82, 2.24) is 15.1 Å². The number of hydrogen-bond donors (Lipinski definition) is 2. The van der Waals surface area contributed by atoms with Gasteiger partial charge in [0.15, 0.2) is 0 Å². The highest BCUT2D eigenvalue weighted by atomic mass is 32.1. The maximum Gasteiger partial charge on any atom is 0.261 e. The summed E-state index contributed by atoms with van der Waals surface area (Å²) in [5.74, 6) is -1.13. The van der Waals surface area contributed by atoms with Gasteiger partial charge in [0, 0.05) is 17.7 Å². The number of amides is 4. The molecule has 3 heterocycles. The number of fused-ring (bicyclic) bond motifs is 2. The second kappa shape index (κ2) is 7.97. The summed E-state index contributed by atoms with van der Waals surface area (Å²) < 4.78 is 0. The summed E-state index contributed by atoms with van der Waals surface area (Å²) in [5, 5.41) is 14.2. The van der Waals surface area contributed by atoms with E-state index >= 15 is 0 Å². The maximum absolute atomic E-state index is 12.7. The van der Waals surface area contributed by atoms with Crippen molar-refractivity contribution in [2.24, 2.45) is 0 Å². The van der Waals surface area contributed by atoms with Crippen LogP contribution in [0.1, 0.15) is 54.5 Å². The Hall–Kier alpha value is -3.92. The summed E-state index contributed by atoms with van der Waals surface area (Å²) in [7, 11) is 0. The lowest BCUT2D eigenvalue weighted by atomic mass is 10.0. The molecular weight excluding hydrogens is 430 g/mol. The molecule has 2 N–H and O–H groups in total. The zero-order valence-electron chi connectivity index (χ0n) is 16.8. The van der Waals surface area contributed by atoms with E-state index in [0.29, 0.717) is 34.5 Å². The van der Waals surface area contributed by atoms with Gasteiger partial charge in [-0.05, 0) is 48.7 Å². The first-order chi connectivity index (χ1) is 15.5. The smallest absolute Gasteiger partial charge is 0.261 e. The number of anilines is 2. The molecule has 0 spiro atoms. The van der Waals surface area contributed by atoms with Crippen molar-refractivity contribution >= 4 is 45.8 Å². The Bertz CT molecular complexity index is 1250. The molecule has 0 bridgehead atoms. The molecule has 0 fully saturated rings. The highest BCUT2D eigenvalue weighted by Crippen LogP contribution is 2.27. The number of nitrogens with zero attached hydrogens (tertiary/aromatic N) is 3. The van der Waals surface area contributed by atoms with Crippen molar-refractivity contribution in [2.45, 2.75) is 25.8 Å². The largest absolute Gasteiger partial charge is 0.326 e. The molecule has 4 amide bonds. The fraction of sp³-hybridized carbons (Fsp3) is 0.182. The first-order valence-electron chi connectivity index (χ1n) is 10.0. The van der Waals surface area contributed by atoms with Gasteiger partial charge in [0.1, 0.15) is 5.01 Å². The molecule has 2 aliphatic rings. The van der Waals surface area contributed by atoms with E-state index in [0.717, 1.165) is 33.9 Å². The Morgan fingerprint density at radius 3 is 2.53 bits per heavy atom. The highest BCUT2D eigenvalue weighted by molar-refractivity contribution is 7.15. The van der Waals surface area contributed by atoms with Crippen LogP contribution in [0.3, 0.4) is 0 Å². The quantitative estimate of drug-likeness (QED) is 0.593. The van der Waals surface area contributed by atoms with Crippen LogP contribution in [0.4, 0.5) is 10.8 Å². The van der Waals surface area contributed by atoms with Gasteiger partial charge in [-0.3, -0.25) is 29.4 Å². The SMILES string of the molecule is O=C1CCCc2cc(C(=O)Nc3nnc(CN4C(=O)c5ccccc5C4=O)s3)ccc2N1. The first kappa shape index (κ1) is 20.0. The summed E-state index contributed by atoms with van der Waals surface area (Å²) in [6, 6.07) is 11.8. The van der Waals surface area contributed by atoms with Gasteiger partial charge in [-0.2, -0.15) is 0 Å². The Kier molecular flexibility index (Phi) is 4.98. The van der Waals surface area contributed by atoms with Crippen molar-refractivity contribution in [3.8, 4) is 0 Å². The lowest BCUT2D eigenvalue weighted by Crippen LogP contribution is -2.29. The van der Waals surface area contributed by atoms with Crippen molar-refractivity contribution in [3.05, 3.63) is 69.7 Å². The first-order valence-corrected chi connectivity index (χ1v) is 10.8. The zero-order chi connectivity index (χ0) is 22.2. The van der Waals surface area contributed by atoms with Gasteiger partial charge in [0.25, 0.3) is 17.7 Å². The van der Waals surface area contributed by atoms with Gasteiger partial charge in [-0.1, -0.05) is 23.5 Å². The van der Waals surface area contributed by atoms with Crippen LogP contribution in [0.2, 0.25) is 0 Å². The van der Waals surface area contributed by atoms with Crippen molar-refractivity contribution in [3.63, 3.8) is 0 Å². The zero-order valence-corrected chi connectivity index (χ0v) is 17.6. The lowest BCUT2D eigenvalue weighted by molar-refractivity contribution is -0.116. The highest BCUT2D eigenvalue weighted by Gasteiger charge is 2.35. The molecule has 0 radical (unpaired) electrons. The normalized spacial score (nSPS) is 15.1. The summed E-state index contributed by atoms with van der Waals surface area (Å²) in [5.41, 5.74) is 2.82. The molecule has 9 nitrogen and oxygen atoms in total. The lowest BCUT2D eigenvalue weighted by Gasteiger charge is -2.10. The van der Waals surface area contributed by atoms with Crippen molar-refractivity contribution < 1.29 is 19.2 Å². The topological polar surface area (TPSA) is 121 Å². The second-order valence-electron chi connectivity index (χ2n) is 7.47. The van der Waals surface area contributed by atoms with Crippen molar-refractivity contribution in [1.29, 1.82) is 0 Å². The van der Waals surface area contributed by atoms with Gasteiger partial charge in [-0.25, -0.2) is 0 Å². The summed E-state index contributed by atoms with van der Waals surface area (Å²) >= 11 is 1.10. The van der Waals surface area contributed by atoms with E-state index in [1.54, 1.807) is 42.5 Å². The predicted molar refractivity (Wildman–Crippen MR) is 117 cm³/mol. The summed E-state index contributed by atoms with van der Waals surface area (Å²) in [4.78, 5) is 50.5. The number of carbonyl (C=O) groups excluding carboxylic acids is 4. The molecule has 0 unspecified atom stereocenters. The minimum atomic E-state index is -0.372. The number of carbonyl (C=O) groups is 4. The number of nitrogens with one attached hydrogen (secondary N) is 2. The number of rotatable bonds is 4. The molecule has 10 heteroatoms. The van der Waals surface area contributed by atoms with Gasteiger partial charge in [0.05, 0.1) is 17.7 Å². The van der Waals surface area contributed by atoms with E-state index < -0.39 is 0 Å². The predicted octanol–water partition coefficient (Wildman–Crippen LogP) is 2.86. The molecule has 1 aromatic heterocycles. The monoisotopic (exact) mass is 447 g/mol. The Morgan fingerprint density at radius 2 is 1.78 bits per heavy atom. The number of imide groups is 1. The van der Waals surface area contributed by atoms with E-state index in [2.05, 4.69) is 20.8 Å². The van der Waals surface area contributed by atoms with E-state index in [1.807, 2.05) is 0 Å². The third-order valence-corrected chi connectivity index (χ3v) is 6.17. The Balaban J connectivity index is 1.27. The van der Waals surface area contributed by atoms with Crippen LogP contribution in [-0.4, -0.2) is 38.7 Å². The van der Waals surface area contributed by atoms with Gasteiger partial charge >= 0.3 is 0 Å². The summed E-state index contributed by atoms with van der Waals surface area (Å²) in [6.45, 7) is -0.0154. The Morgan fingerprint density at radius 1 is 1.03 bits per heavy atom. The third kappa shape index (κ3) is 3.65. The second-order valence-corrected chi connectivity index (χ2v) is 8.53. The van der Waals surface area contributed by atoms with E-state index in [9.17, 15) is 19.2 Å². The van der Waals surface area contributed by atoms with E-state index in [1.165, 1.54) is 0 Å². The minimum absolute atomic E-state index is 0.0154. The number of hydrogen-bond acceptors (Lipinski definition) is 7. The maximum atomic E-state index is 12.7. The fourth-order valence-electron chi connectivity index (χ4n) is 3.77. The van der Waals surface area contributed by atoms with Gasteiger partial charge in [-0.15, -0.1) is 10.2 Å². The molecule has 3 aromatic rings. The number of aromatic nitrogens is 2. The van der Waals surface area contributed by atoms with E-state index in [-0.39, 0.29) is 35.3 Å². The van der Waals surface area contributed by atoms with Crippen molar-refractivity contribution in [2.75, 3.05) is 10.6 Å². The molecule has 0 atom stereocenters. The van der Waals surface area contributed by atoms with Crippen LogP contribution in [0.25, 0.3) is 0 Å². The van der Waals surface area contributed by atoms with Gasteiger partial charge < -0.3 is 5.32 Å². The fourth-order valence-corrected chi connectivity index (χ4v) is 4.49. The molecule has 2 aromatic carbocycles. The average molecular weight is 447 g/mol. The Labute approximate surface area is 186 Å². The van der Waals surface area contributed by atoms with Crippen LogP contribution in [0, 0.1) is 0 Å². The minimum Gasteiger partial charge on any atom is -0.326 e. The van der Waals surface area contributed by atoms with E-state index in [4.69, 9.17) is 0 Å². The molecule has 5 rings (SSSR count). The summed E-state index contributed by atoms with van der Waals surface area (Å²) in [6.07, 6.45) is 1.89. The van der Waals surface area contributed by atoms with Crippen LogP contribution < -0.4 is 10.6 Å². The van der Waals surface area contributed by atoms with Crippen LogP contribution in [-0.2, 0) is 17.8 Å². The van der Waals surface area contributed by atoms with Gasteiger partial charge in [0.2, 0.25) is 11.0 Å². The standard InChI is InChI=1S/C22H17N5O4S/c28-17-7-3-4-12-10-13(8-9-16(12)23-17)19(29)24-22-26-25-18(32-22)11-27-20(30)14-5-1-2-6-15(14)21(27)31/h1-2,5-6,8-10H,3-4,7,11H2,(H,23,28)(H,24,26,29). The molecular formula is C22H17N5O4S. The van der Waals surface area contributed by atoms with Crippen LogP contribution in [0.15, 0.2) is 42.5 Å². The number of benzene rings is 2. The molecule has 160 valence electrons. The number of aryl methyl sites for hydroxylation is 1. The molecule has 0 saturated heterocycles. The molecule has 2 aliphatic heterocycles. The molecule has 32 heavy (non-hydrogen) atoms. The average Bonchev–Trinajstić information content (AvgIpc) is 3.25. The van der Waals surface area contributed by atoms with Crippen LogP contribution >= 0.6 is 11.3 Å². The molecule has 0 saturated carbocycles. The van der Waals surface area contributed by atoms with Crippen LogP contribution in [0.5, 0.6) is 0 Å². The third-order valence-electron chi connectivity index (χ3n) is 5.35.